The van der Waals surface area contributed by atoms with Crippen LogP contribution in [-0.2, 0) is 10.8 Å². The normalized spacial score (nSPS) is 12.2. The summed E-state index contributed by atoms with van der Waals surface area (Å²) in [6, 6.07) is 27.4. The third-order valence-electron chi connectivity index (χ3n) is 6.21. The van der Waals surface area contributed by atoms with E-state index in [-0.39, 0.29) is 10.9 Å². The second kappa shape index (κ2) is 10.8. The van der Waals surface area contributed by atoms with Crippen LogP contribution in [-0.4, -0.2) is 24.7 Å². The molecule has 0 amide bonds. The summed E-state index contributed by atoms with van der Waals surface area (Å²) < 4.78 is 22.7. The molecule has 0 unspecified atom stereocenters. The molecule has 0 saturated carbocycles. The van der Waals surface area contributed by atoms with Gasteiger partial charge in [-0.25, -0.2) is 9.07 Å². The number of hydrogen-bond acceptors (Lipinski definition) is 2. The first kappa shape index (κ1) is 25.8. The number of rotatable bonds is 8. The molecule has 3 aromatic carbocycles. The van der Waals surface area contributed by atoms with Gasteiger partial charge in [0.1, 0.15) is 10.4 Å². The number of nitrogens with zero attached hydrogens (tertiary/aromatic N) is 2. The Labute approximate surface area is 221 Å². The highest BCUT2D eigenvalue weighted by Gasteiger charge is 2.49. The smallest absolute Gasteiger partial charge is 0.261 e. The summed E-state index contributed by atoms with van der Waals surface area (Å²) in [5, 5.41) is 7.71. The molecule has 0 aliphatic rings. The van der Waals surface area contributed by atoms with Crippen molar-refractivity contribution in [2.75, 3.05) is 6.61 Å². The van der Waals surface area contributed by atoms with Crippen LogP contribution >= 0.6 is 27.5 Å². The number of aryl methyl sites for hydroxylation is 1. The Morgan fingerprint density at radius 2 is 1.46 bits per heavy atom. The van der Waals surface area contributed by atoms with Gasteiger partial charge in [-0.05, 0) is 68.4 Å². The third kappa shape index (κ3) is 5.31. The van der Waals surface area contributed by atoms with Crippen molar-refractivity contribution in [1.82, 2.24) is 9.78 Å². The first-order valence-corrected chi connectivity index (χ1v) is 14.8. The lowest BCUT2D eigenvalue weighted by Crippen LogP contribution is -2.66. The Balaban J connectivity index is 1.57. The number of halogens is 3. The Hall–Kier alpha value is -2.25. The molecular formula is C28H29BrClFN2OSi. The zero-order chi connectivity index (χ0) is 25.1. The number of aromatic nitrogens is 2. The largest absolute Gasteiger partial charge is 0.407 e. The van der Waals surface area contributed by atoms with Crippen LogP contribution in [0.4, 0.5) is 4.39 Å². The minimum absolute atomic E-state index is 0.0689. The summed E-state index contributed by atoms with van der Waals surface area (Å²) in [6.45, 7) is 7.41. The SMILES string of the molecule is CC(C)(C)[Si](OCCCc1nn(-c2ccc(F)cc2)c(Br)c1Cl)(c1ccccc1)c1ccccc1. The molecule has 4 aromatic rings. The van der Waals surface area contributed by atoms with E-state index in [0.717, 1.165) is 17.8 Å². The first-order chi connectivity index (χ1) is 16.7. The maximum absolute atomic E-state index is 13.3. The van der Waals surface area contributed by atoms with Crippen LogP contribution in [0.5, 0.6) is 0 Å². The van der Waals surface area contributed by atoms with Gasteiger partial charge in [0.05, 0.1) is 16.4 Å². The van der Waals surface area contributed by atoms with Crippen LogP contribution < -0.4 is 10.4 Å². The maximum atomic E-state index is 13.3. The second-order valence-electron chi connectivity index (χ2n) is 9.55. The van der Waals surface area contributed by atoms with Crippen LogP contribution in [0.1, 0.15) is 32.9 Å². The van der Waals surface area contributed by atoms with Crippen LogP contribution in [0, 0.1) is 5.82 Å². The Morgan fingerprint density at radius 3 is 1.97 bits per heavy atom. The van der Waals surface area contributed by atoms with Crippen molar-refractivity contribution in [3.63, 3.8) is 0 Å². The molecule has 0 spiro atoms. The van der Waals surface area contributed by atoms with Gasteiger partial charge in [0.15, 0.2) is 0 Å². The van der Waals surface area contributed by atoms with Crippen molar-refractivity contribution in [3.05, 3.63) is 106 Å². The van der Waals surface area contributed by atoms with Gasteiger partial charge in [0, 0.05) is 6.61 Å². The molecule has 0 N–H and O–H groups in total. The van der Waals surface area contributed by atoms with Crippen molar-refractivity contribution < 1.29 is 8.82 Å². The standard InChI is InChI=1S/C28H29BrClFN2OSi/c1-28(2,3)35(23-11-6-4-7-12-23,24-13-8-5-9-14-24)34-20-10-15-25-26(30)27(29)33(32-25)22-18-16-21(31)17-19-22/h4-9,11-14,16-19H,10,15,20H2,1-3H3. The van der Waals surface area contributed by atoms with Gasteiger partial charge in [-0.15, -0.1) is 0 Å². The molecule has 0 saturated heterocycles. The van der Waals surface area contributed by atoms with E-state index in [4.69, 9.17) is 16.0 Å². The molecular weight excluding hydrogens is 543 g/mol. The predicted molar refractivity (Wildman–Crippen MR) is 148 cm³/mol. The van der Waals surface area contributed by atoms with Crippen molar-refractivity contribution >= 4 is 46.2 Å². The summed E-state index contributed by atoms with van der Waals surface area (Å²) in [6.07, 6.45) is 1.45. The van der Waals surface area contributed by atoms with E-state index in [9.17, 15) is 4.39 Å². The zero-order valence-electron chi connectivity index (χ0n) is 20.1. The molecule has 0 radical (unpaired) electrons. The molecule has 4 rings (SSSR count). The summed E-state index contributed by atoms with van der Waals surface area (Å²) in [5.41, 5.74) is 1.53. The van der Waals surface area contributed by atoms with E-state index in [1.807, 2.05) is 12.1 Å². The highest BCUT2D eigenvalue weighted by atomic mass is 79.9. The van der Waals surface area contributed by atoms with E-state index in [2.05, 4.69) is 90.3 Å². The van der Waals surface area contributed by atoms with Crippen LogP contribution in [0.3, 0.4) is 0 Å². The molecule has 1 heterocycles. The highest BCUT2D eigenvalue weighted by Crippen LogP contribution is 2.37. The third-order valence-corrected chi connectivity index (χ3v) is 12.6. The predicted octanol–water partition coefficient (Wildman–Crippen LogP) is 6.94. The molecule has 0 atom stereocenters. The average molecular weight is 572 g/mol. The highest BCUT2D eigenvalue weighted by molar-refractivity contribution is 9.10. The van der Waals surface area contributed by atoms with Gasteiger partial charge in [-0.2, -0.15) is 5.10 Å². The minimum atomic E-state index is -2.57. The Kier molecular flexibility index (Phi) is 7.96. The first-order valence-electron chi connectivity index (χ1n) is 11.7. The molecule has 182 valence electrons. The van der Waals surface area contributed by atoms with E-state index >= 15 is 0 Å². The summed E-state index contributed by atoms with van der Waals surface area (Å²) >= 11 is 10.1. The summed E-state index contributed by atoms with van der Waals surface area (Å²) in [5.74, 6) is -0.288. The number of benzene rings is 3. The van der Waals surface area contributed by atoms with Gasteiger partial charge in [0.25, 0.3) is 8.32 Å². The second-order valence-corrected chi connectivity index (χ2v) is 15.0. The lowest BCUT2D eigenvalue weighted by atomic mass is 10.2. The molecule has 0 aliphatic heterocycles. The molecule has 0 bridgehead atoms. The Morgan fingerprint density at radius 1 is 0.914 bits per heavy atom. The fraction of sp³-hybridized carbons (Fsp3) is 0.250. The van der Waals surface area contributed by atoms with Gasteiger partial charge < -0.3 is 4.43 Å². The van der Waals surface area contributed by atoms with Crippen molar-refractivity contribution in [2.45, 2.75) is 38.7 Å². The number of hydrogen-bond donors (Lipinski definition) is 0. The average Bonchev–Trinajstić information content (AvgIpc) is 3.13. The van der Waals surface area contributed by atoms with Crippen LogP contribution in [0.15, 0.2) is 89.5 Å². The maximum Gasteiger partial charge on any atom is 0.261 e. The molecule has 1 aromatic heterocycles. The fourth-order valence-electron chi connectivity index (χ4n) is 4.56. The van der Waals surface area contributed by atoms with Crippen LogP contribution in [0.2, 0.25) is 10.1 Å². The monoisotopic (exact) mass is 570 g/mol. The lowest BCUT2D eigenvalue weighted by molar-refractivity contribution is 0.291. The van der Waals surface area contributed by atoms with Gasteiger partial charge in [0.2, 0.25) is 0 Å². The summed E-state index contributed by atoms with van der Waals surface area (Å²) in [4.78, 5) is 0. The van der Waals surface area contributed by atoms with Crippen molar-refractivity contribution in [3.8, 4) is 5.69 Å². The fourth-order valence-corrected chi connectivity index (χ4v) is 9.89. The lowest BCUT2D eigenvalue weighted by Gasteiger charge is -2.43. The van der Waals surface area contributed by atoms with E-state index < -0.39 is 8.32 Å². The minimum Gasteiger partial charge on any atom is -0.407 e. The van der Waals surface area contributed by atoms with Crippen molar-refractivity contribution in [1.29, 1.82) is 0 Å². The molecule has 3 nitrogen and oxygen atoms in total. The summed E-state index contributed by atoms with van der Waals surface area (Å²) in [7, 11) is -2.57. The van der Waals surface area contributed by atoms with E-state index in [1.165, 1.54) is 22.5 Å². The molecule has 0 fully saturated rings. The van der Waals surface area contributed by atoms with Gasteiger partial charge in [-0.3, -0.25) is 0 Å². The Bertz CT molecular complexity index is 1220. The molecule has 7 heteroatoms. The molecule has 0 aliphatic carbocycles. The van der Waals surface area contributed by atoms with E-state index in [0.29, 0.717) is 22.7 Å². The van der Waals surface area contributed by atoms with E-state index in [1.54, 1.807) is 16.8 Å². The van der Waals surface area contributed by atoms with Gasteiger partial charge >= 0.3 is 0 Å². The van der Waals surface area contributed by atoms with Crippen molar-refractivity contribution in [2.24, 2.45) is 0 Å². The molecule has 35 heavy (non-hydrogen) atoms. The van der Waals surface area contributed by atoms with Gasteiger partial charge in [-0.1, -0.05) is 93.0 Å². The van der Waals surface area contributed by atoms with Crippen LogP contribution in [0.25, 0.3) is 5.69 Å². The zero-order valence-corrected chi connectivity index (χ0v) is 23.5. The topological polar surface area (TPSA) is 27.1 Å². The quantitative estimate of drug-likeness (QED) is 0.169.